The molecule has 0 aliphatic carbocycles. The summed E-state index contributed by atoms with van der Waals surface area (Å²) in [6.45, 7) is 1.81. The molecule has 9 heavy (non-hydrogen) atoms. The van der Waals surface area contributed by atoms with Crippen molar-refractivity contribution in [2.24, 2.45) is 0 Å². The minimum Gasteiger partial charge on any atom is -0.390 e. The molecule has 0 unspecified atom stereocenters. The lowest BCUT2D eigenvalue weighted by atomic mass is 10.4. The second-order valence-electron chi connectivity index (χ2n) is 1.81. The first-order chi connectivity index (χ1) is 4.33. The fourth-order valence-corrected chi connectivity index (χ4v) is 0.592. The maximum absolute atomic E-state index is 8.56. The van der Waals surface area contributed by atoms with E-state index in [4.69, 9.17) is 5.11 Å². The molecule has 1 aromatic heterocycles. The molecule has 0 spiro atoms. The van der Waals surface area contributed by atoms with Crippen molar-refractivity contribution in [1.82, 2.24) is 9.97 Å². The van der Waals surface area contributed by atoms with Crippen molar-refractivity contribution in [2.45, 2.75) is 13.5 Å². The van der Waals surface area contributed by atoms with Gasteiger partial charge in [0, 0.05) is 6.20 Å². The van der Waals surface area contributed by atoms with Crippen LogP contribution in [0.15, 0.2) is 12.4 Å². The average molecular weight is 124 g/mol. The Morgan fingerprint density at radius 1 is 1.56 bits per heavy atom. The minimum atomic E-state index is -0.0331. The second-order valence-corrected chi connectivity index (χ2v) is 1.81. The normalized spacial score (nSPS) is 9.56. The van der Waals surface area contributed by atoms with E-state index in [0.717, 1.165) is 5.69 Å². The van der Waals surface area contributed by atoms with Crippen LogP contribution in [0.25, 0.3) is 0 Å². The number of hydrogen-bond donors (Lipinski definition) is 1. The van der Waals surface area contributed by atoms with E-state index in [2.05, 4.69) is 9.97 Å². The molecule has 3 nitrogen and oxygen atoms in total. The van der Waals surface area contributed by atoms with Crippen molar-refractivity contribution in [1.29, 1.82) is 0 Å². The number of rotatable bonds is 1. The van der Waals surface area contributed by atoms with Gasteiger partial charge < -0.3 is 5.11 Å². The van der Waals surface area contributed by atoms with Gasteiger partial charge in [0.05, 0.1) is 24.2 Å². The van der Waals surface area contributed by atoms with Gasteiger partial charge in [-0.25, -0.2) is 0 Å². The van der Waals surface area contributed by atoms with E-state index in [1.54, 1.807) is 12.4 Å². The summed E-state index contributed by atoms with van der Waals surface area (Å²) in [6.07, 6.45) is 3.20. The highest BCUT2D eigenvalue weighted by Gasteiger charge is 1.89. The smallest absolute Gasteiger partial charge is 0.0868 e. The summed E-state index contributed by atoms with van der Waals surface area (Å²) < 4.78 is 0. The van der Waals surface area contributed by atoms with Crippen LogP contribution < -0.4 is 0 Å². The maximum Gasteiger partial charge on any atom is 0.0868 e. The highest BCUT2D eigenvalue weighted by Crippen LogP contribution is 1.92. The summed E-state index contributed by atoms with van der Waals surface area (Å²) in [5, 5.41) is 8.56. The van der Waals surface area contributed by atoms with Crippen LogP contribution in [-0.4, -0.2) is 15.1 Å². The highest BCUT2D eigenvalue weighted by atomic mass is 16.3. The standard InChI is InChI=1S/C6H8N2O/c1-5-2-7-3-6(4-9)8-5/h2-3,9H,4H2,1H3. The zero-order valence-electron chi connectivity index (χ0n) is 5.20. The predicted molar refractivity (Wildman–Crippen MR) is 32.7 cm³/mol. The van der Waals surface area contributed by atoms with Gasteiger partial charge >= 0.3 is 0 Å². The Balaban J connectivity index is 2.94. The Morgan fingerprint density at radius 3 is 2.78 bits per heavy atom. The van der Waals surface area contributed by atoms with Crippen LogP contribution in [0.5, 0.6) is 0 Å². The van der Waals surface area contributed by atoms with E-state index >= 15 is 0 Å². The third-order valence-corrected chi connectivity index (χ3v) is 0.967. The molecule has 3 heteroatoms. The first kappa shape index (κ1) is 6.16. The molecule has 0 saturated heterocycles. The van der Waals surface area contributed by atoms with Gasteiger partial charge in [-0.05, 0) is 6.92 Å². The van der Waals surface area contributed by atoms with Crippen molar-refractivity contribution in [3.8, 4) is 0 Å². The largest absolute Gasteiger partial charge is 0.390 e. The van der Waals surface area contributed by atoms with E-state index in [0.29, 0.717) is 5.69 Å². The van der Waals surface area contributed by atoms with E-state index < -0.39 is 0 Å². The van der Waals surface area contributed by atoms with Crippen LogP contribution in [0.2, 0.25) is 0 Å². The molecule has 0 saturated carbocycles. The van der Waals surface area contributed by atoms with Crippen LogP contribution >= 0.6 is 0 Å². The quantitative estimate of drug-likeness (QED) is 0.584. The molecule has 48 valence electrons. The van der Waals surface area contributed by atoms with Crippen LogP contribution in [0.1, 0.15) is 11.4 Å². The van der Waals surface area contributed by atoms with Crippen LogP contribution in [-0.2, 0) is 6.61 Å². The number of aliphatic hydroxyl groups is 1. The molecule has 0 atom stereocenters. The molecule has 0 amide bonds. The van der Waals surface area contributed by atoms with Crippen molar-refractivity contribution >= 4 is 0 Å². The molecular weight excluding hydrogens is 116 g/mol. The van der Waals surface area contributed by atoms with Crippen molar-refractivity contribution < 1.29 is 5.11 Å². The first-order valence-corrected chi connectivity index (χ1v) is 2.71. The summed E-state index contributed by atoms with van der Waals surface area (Å²) >= 11 is 0. The predicted octanol–water partition coefficient (Wildman–Crippen LogP) is 0.277. The Labute approximate surface area is 53.4 Å². The van der Waals surface area contributed by atoms with Gasteiger partial charge in [-0.1, -0.05) is 0 Å². The first-order valence-electron chi connectivity index (χ1n) is 2.71. The third-order valence-electron chi connectivity index (χ3n) is 0.967. The molecule has 0 bridgehead atoms. The van der Waals surface area contributed by atoms with E-state index in [-0.39, 0.29) is 6.61 Å². The van der Waals surface area contributed by atoms with Crippen LogP contribution in [0, 0.1) is 6.92 Å². The Hall–Kier alpha value is -0.960. The summed E-state index contributed by atoms with van der Waals surface area (Å²) in [7, 11) is 0. The molecule has 1 N–H and O–H groups in total. The highest BCUT2D eigenvalue weighted by molar-refractivity contribution is 4.99. The average Bonchev–Trinajstić information content (AvgIpc) is 1.88. The molecule has 0 aliphatic heterocycles. The van der Waals surface area contributed by atoms with Gasteiger partial charge in [0.1, 0.15) is 0 Å². The number of hydrogen-bond acceptors (Lipinski definition) is 3. The molecule has 0 fully saturated rings. The van der Waals surface area contributed by atoms with E-state index in [1.165, 1.54) is 0 Å². The zero-order chi connectivity index (χ0) is 6.69. The lowest BCUT2D eigenvalue weighted by Gasteiger charge is -1.93. The maximum atomic E-state index is 8.56. The lowest BCUT2D eigenvalue weighted by Crippen LogP contribution is -1.91. The fraction of sp³-hybridized carbons (Fsp3) is 0.333. The van der Waals surface area contributed by atoms with Crippen molar-refractivity contribution in [3.05, 3.63) is 23.8 Å². The molecule has 0 aliphatic rings. The van der Waals surface area contributed by atoms with Gasteiger partial charge in [0.2, 0.25) is 0 Å². The third kappa shape index (κ3) is 1.47. The van der Waals surface area contributed by atoms with E-state index in [1.807, 2.05) is 6.92 Å². The zero-order valence-corrected chi connectivity index (χ0v) is 5.20. The van der Waals surface area contributed by atoms with Gasteiger partial charge in [-0.3, -0.25) is 9.97 Å². The monoisotopic (exact) mass is 124 g/mol. The van der Waals surface area contributed by atoms with Crippen molar-refractivity contribution in [3.63, 3.8) is 0 Å². The topological polar surface area (TPSA) is 46.0 Å². The van der Waals surface area contributed by atoms with Gasteiger partial charge in [0.25, 0.3) is 0 Å². The minimum absolute atomic E-state index is 0.0331. The summed E-state index contributed by atoms with van der Waals surface area (Å²) in [5.41, 5.74) is 1.46. The molecule has 1 heterocycles. The van der Waals surface area contributed by atoms with Crippen LogP contribution in [0.4, 0.5) is 0 Å². The molecule has 1 aromatic rings. The van der Waals surface area contributed by atoms with Gasteiger partial charge in [-0.15, -0.1) is 0 Å². The summed E-state index contributed by atoms with van der Waals surface area (Å²) in [5.74, 6) is 0. The Bertz CT molecular complexity index is 200. The lowest BCUT2D eigenvalue weighted by molar-refractivity contribution is 0.276. The molecule has 1 rings (SSSR count). The van der Waals surface area contributed by atoms with Gasteiger partial charge in [-0.2, -0.15) is 0 Å². The molecular formula is C6H8N2O. The number of nitrogens with zero attached hydrogens (tertiary/aromatic N) is 2. The fourth-order valence-electron chi connectivity index (χ4n) is 0.592. The number of aliphatic hydroxyl groups excluding tert-OH is 1. The Kier molecular flexibility index (Phi) is 1.75. The van der Waals surface area contributed by atoms with Crippen molar-refractivity contribution in [2.75, 3.05) is 0 Å². The van der Waals surface area contributed by atoms with E-state index in [9.17, 15) is 0 Å². The summed E-state index contributed by atoms with van der Waals surface area (Å²) in [6, 6.07) is 0. The van der Waals surface area contributed by atoms with Gasteiger partial charge in [0.15, 0.2) is 0 Å². The SMILES string of the molecule is Cc1cncc(CO)n1. The molecule has 0 radical (unpaired) electrons. The summed E-state index contributed by atoms with van der Waals surface area (Å²) in [4.78, 5) is 7.81. The second kappa shape index (κ2) is 2.55. The number of aromatic nitrogens is 2. The van der Waals surface area contributed by atoms with Crippen LogP contribution in [0.3, 0.4) is 0 Å². The Morgan fingerprint density at radius 2 is 2.33 bits per heavy atom. The number of aryl methyl sites for hydroxylation is 1. The molecule has 0 aromatic carbocycles.